The highest BCUT2D eigenvalue weighted by Gasteiger charge is 2.28. The van der Waals surface area contributed by atoms with E-state index < -0.39 is 0 Å². The molecule has 1 saturated carbocycles. The van der Waals surface area contributed by atoms with Gasteiger partial charge in [0.15, 0.2) is 0 Å². The van der Waals surface area contributed by atoms with Crippen LogP contribution in [0, 0.1) is 5.92 Å². The normalized spacial score (nSPS) is 22.0. The summed E-state index contributed by atoms with van der Waals surface area (Å²) in [5, 5.41) is 6.32. The molecule has 0 bridgehead atoms. The van der Waals surface area contributed by atoms with E-state index >= 15 is 0 Å². The van der Waals surface area contributed by atoms with Gasteiger partial charge in [-0.1, -0.05) is 6.42 Å². The van der Waals surface area contributed by atoms with Crippen LogP contribution in [0.25, 0.3) is 0 Å². The fourth-order valence-electron chi connectivity index (χ4n) is 2.73. The Kier molecular flexibility index (Phi) is 4.95. The van der Waals surface area contributed by atoms with E-state index in [-0.39, 0.29) is 18.0 Å². The first-order valence-electron chi connectivity index (χ1n) is 7.34. The molecule has 110 valence electrons. The molecular formula is C15H24N4O. The van der Waals surface area contributed by atoms with Crippen molar-refractivity contribution >= 4 is 11.7 Å². The smallest absolute Gasteiger partial charge is 0.255 e. The van der Waals surface area contributed by atoms with Gasteiger partial charge in [0.25, 0.3) is 5.91 Å². The highest BCUT2D eigenvalue weighted by molar-refractivity contribution is 5.98. The Balaban J connectivity index is 2.09. The fourth-order valence-corrected chi connectivity index (χ4v) is 2.73. The predicted molar refractivity (Wildman–Crippen MR) is 80.6 cm³/mol. The minimum atomic E-state index is -0.0633. The summed E-state index contributed by atoms with van der Waals surface area (Å²) < 4.78 is 0. The fraction of sp³-hybridized carbons (Fsp3) is 0.600. The molecule has 0 spiro atoms. The average Bonchev–Trinajstić information content (AvgIpc) is 2.85. The number of anilines is 1. The molecule has 5 nitrogen and oxygen atoms in total. The van der Waals surface area contributed by atoms with Crippen LogP contribution in [-0.4, -0.2) is 29.5 Å². The van der Waals surface area contributed by atoms with Gasteiger partial charge in [-0.3, -0.25) is 4.79 Å². The molecule has 20 heavy (non-hydrogen) atoms. The van der Waals surface area contributed by atoms with E-state index in [1.165, 1.54) is 0 Å². The SMILES string of the molecule is CC(C)Nc1ncccc1C(=O)NC1CCCC1CN. The molecule has 0 radical (unpaired) electrons. The second-order valence-electron chi connectivity index (χ2n) is 5.71. The van der Waals surface area contributed by atoms with Gasteiger partial charge in [-0.05, 0) is 51.3 Å². The number of carbonyl (C=O) groups excluding carboxylic acids is 1. The lowest BCUT2D eigenvalue weighted by Gasteiger charge is -2.20. The van der Waals surface area contributed by atoms with Gasteiger partial charge in [0, 0.05) is 18.3 Å². The number of aromatic nitrogens is 1. The van der Waals surface area contributed by atoms with Gasteiger partial charge >= 0.3 is 0 Å². The van der Waals surface area contributed by atoms with E-state index in [1.54, 1.807) is 18.3 Å². The van der Waals surface area contributed by atoms with Gasteiger partial charge in [-0.25, -0.2) is 4.98 Å². The molecule has 1 heterocycles. The zero-order chi connectivity index (χ0) is 14.5. The maximum Gasteiger partial charge on any atom is 0.255 e. The Labute approximate surface area is 120 Å². The molecule has 1 aliphatic carbocycles. The average molecular weight is 276 g/mol. The molecular weight excluding hydrogens is 252 g/mol. The molecule has 2 atom stereocenters. The summed E-state index contributed by atoms with van der Waals surface area (Å²) in [5.41, 5.74) is 6.36. The third-order valence-electron chi connectivity index (χ3n) is 3.76. The van der Waals surface area contributed by atoms with Gasteiger partial charge in [0.05, 0.1) is 5.56 Å². The summed E-state index contributed by atoms with van der Waals surface area (Å²) in [6.07, 6.45) is 4.95. The van der Waals surface area contributed by atoms with E-state index in [0.29, 0.717) is 23.8 Å². The van der Waals surface area contributed by atoms with Crippen molar-refractivity contribution in [3.8, 4) is 0 Å². The number of hydrogen-bond donors (Lipinski definition) is 3. The van der Waals surface area contributed by atoms with Crippen LogP contribution in [0.2, 0.25) is 0 Å². The van der Waals surface area contributed by atoms with E-state index in [2.05, 4.69) is 15.6 Å². The Bertz CT molecular complexity index is 461. The maximum absolute atomic E-state index is 12.4. The van der Waals surface area contributed by atoms with Gasteiger partial charge in [0.1, 0.15) is 5.82 Å². The zero-order valence-corrected chi connectivity index (χ0v) is 12.2. The van der Waals surface area contributed by atoms with Crippen LogP contribution in [0.5, 0.6) is 0 Å². The first-order chi connectivity index (χ1) is 9.61. The second-order valence-corrected chi connectivity index (χ2v) is 5.71. The monoisotopic (exact) mass is 276 g/mol. The number of rotatable bonds is 5. The van der Waals surface area contributed by atoms with Gasteiger partial charge < -0.3 is 16.4 Å². The number of amides is 1. The van der Waals surface area contributed by atoms with Crippen molar-refractivity contribution in [2.24, 2.45) is 11.7 Å². The Morgan fingerprint density at radius 2 is 2.30 bits per heavy atom. The van der Waals surface area contributed by atoms with E-state index in [1.807, 2.05) is 13.8 Å². The van der Waals surface area contributed by atoms with Crippen LogP contribution in [0.4, 0.5) is 5.82 Å². The first-order valence-corrected chi connectivity index (χ1v) is 7.34. The highest BCUT2D eigenvalue weighted by Crippen LogP contribution is 2.25. The van der Waals surface area contributed by atoms with Crippen molar-refractivity contribution in [1.29, 1.82) is 0 Å². The summed E-state index contributed by atoms with van der Waals surface area (Å²) in [7, 11) is 0. The Morgan fingerprint density at radius 1 is 1.50 bits per heavy atom. The Morgan fingerprint density at radius 3 is 3.00 bits per heavy atom. The van der Waals surface area contributed by atoms with Gasteiger partial charge in [-0.2, -0.15) is 0 Å². The first kappa shape index (κ1) is 14.8. The molecule has 2 rings (SSSR count). The third-order valence-corrected chi connectivity index (χ3v) is 3.76. The molecule has 4 N–H and O–H groups in total. The molecule has 0 aromatic carbocycles. The molecule has 1 fully saturated rings. The van der Waals surface area contributed by atoms with Crippen molar-refractivity contribution in [2.75, 3.05) is 11.9 Å². The van der Waals surface area contributed by atoms with Crippen LogP contribution in [0.1, 0.15) is 43.5 Å². The number of pyridine rings is 1. The molecule has 0 aliphatic heterocycles. The lowest BCUT2D eigenvalue weighted by molar-refractivity contribution is 0.0929. The molecule has 0 saturated heterocycles. The topological polar surface area (TPSA) is 80.0 Å². The molecule has 1 aromatic heterocycles. The number of nitrogens with one attached hydrogen (secondary N) is 2. The molecule has 2 unspecified atom stereocenters. The van der Waals surface area contributed by atoms with Crippen molar-refractivity contribution in [1.82, 2.24) is 10.3 Å². The maximum atomic E-state index is 12.4. The number of carbonyl (C=O) groups is 1. The van der Waals surface area contributed by atoms with Crippen LogP contribution < -0.4 is 16.4 Å². The van der Waals surface area contributed by atoms with Gasteiger partial charge in [0.2, 0.25) is 0 Å². The molecule has 1 aromatic rings. The van der Waals surface area contributed by atoms with Crippen molar-refractivity contribution in [3.63, 3.8) is 0 Å². The molecule has 1 aliphatic rings. The van der Waals surface area contributed by atoms with Crippen molar-refractivity contribution in [2.45, 2.75) is 45.2 Å². The Hall–Kier alpha value is -1.62. The van der Waals surface area contributed by atoms with Crippen LogP contribution in [0.3, 0.4) is 0 Å². The summed E-state index contributed by atoms with van der Waals surface area (Å²) in [6.45, 7) is 4.69. The second kappa shape index (κ2) is 6.70. The van der Waals surface area contributed by atoms with Crippen LogP contribution >= 0.6 is 0 Å². The lowest BCUT2D eigenvalue weighted by Crippen LogP contribution is -2.40. The summed E-state index contributed by atoms with van der Waals surface area (Å²) >= 11 is 0. The van der Waals surface area contributed by atoms with E-state index in [0.717, 1.165) is 19.3 Å². The van der Waals surface area contributed by atoms with Crippen LogP contribution in [-0.2, 0) is 0 Å². The number of nitrogens with two attached hydrogens (primary N) is 1. The van der Waals surface area contributed by atoms with E-state index in [4.69, 9.17) is 5.73 Å². The molecule has 1 amide bonds. The number of hydrogen-bond acceptors (Lipinski definition) is 4. The minimum absolute atomic E-state index is 0.0633. The summed E-state index contributed by atoms with van der Waals surface area (Å²) in [5.74, 6) is 0.978. The van der Waals surface area contributed by atoms with Gasteiger partial charge in [-0.15, -0.1) is 0 Å². The van der Waals surface area contributed by atoms with Crippen molar-refractivity contribution in [3.05, 3.63) is 23.9 Å². The van der Waals surface area contributed by atoms with E-state index in [9.17, 15) is 4.79 Å². The van der Waals surface area contributed by atoms with Crippen molar-refractivity contribution < 1.29 is 4.79 Å². The largest absolute Gasteiger partial charge is 0.367 e. The standard InChI is InChI=1S/C15H24N4O/c1-10(2)18-14-12(6-4-8-17-14)15(20)19-13-7-3-5-11(13)9-16/h4,6,8,10-11,13H,3,5,7,9,16H2,1-2H3,(H,17,18)(H,19,20). The third kappa shape index (κ3) is 3.48. The lowest BCUT2D eigenvalue weighted by atomic mass is 10.0. The summed E-state index contributed by atoms with van der Waals surface area (Å²) in [6, 6.07) is 4.02. The number of nitrogens with zero attached hydrogens (tertiary/aromatic N) is 1. The summed E-state index contributed by atoms with van der Waals surface area (Å²) in [4.78, 5) is 16.7. The quantitative estimate of drug-likeness (QED) is 0.765. The minimum Gasteiger partial charge on any atom is -0.367 e. The zero-order valence-electron chi connectivity index (χ0n) is 12.2. The molecule has 5 heteroatoms. The predicted octanol–water partition coefficient (Wildman–Crippen LogP) is 1.76. The highest BCUT2D eigenvalue weighted by atomic mass is 16.1. The van der Waals surface area contributed by atoms with Crippen LogP contribution in [0.15, 0.2) is 18.3 Å².